The molecular formula is C19H25N5O2. The van der Waals surface area contributed by atoms with Crippen molar-refractivity contribution >= 4 is 29.1 Å². The smallest absolute Gasteiger partial charge is 0.258 e. The van der Waals surface area contributed by atoms with Gasteiger partial charge in [0.15, 0.2) is 0 Å². The zero-order valence-electron chi connectivity index (χ0n) is 15.5. The third-order valence-electron chi connectivity index (χ3n) is 3.63. The van der Waals surface area contributed by atoms with Gasteiger partial charge >= 0.3 is 0 Å². The number of rotatable bonds is 8. The average molecular weight is 355 g/mol. The molecule has 2 N–H and O–H groups in total. The van der Waals surface area contributed by atoms with Crippen LogP contribution in [-0.4, -0.2) is 34.9 Å². The summed E-state index contributed by atoms with van der Waals surface area (Å²) in [6.45, 7) is 7.45. The van der Waals surface area contributed by atoms with Gasteiger partial charge in [0.2, 0.25) is 11.9 Å². The Morgan fingerprint density at radius 1 is 0.923 bits per heavy atom. The van der Waals surface area contributed by atoms with Crippen LogP contribution in [-0.2, 0) is 4.79 Å². The fourth-order valence-electron chi connectivity index (χ4n) is 2.50. The van der Waals surface area contributed by atoms with E-state index in [2.05, 4.69) is 39.3 Å². The Labute approximate surface area is 153 Å². The summed E-state index contributed by atoms with van der Waals surface area (Å²) in [5.74, 6) is 0.227. The Hall–Kier alpha value is -2.96. The highest BCUT2D eigenvalue weighted by molar-refractivity contribution is 6.04. The summed E-state index contributed by atoms with van der Waals surface area (Å²) in [6, 6.07) is 6.90. The van der Waals surface area contributed by atoms with Crippen LogP contribution in [0.15, 0.2) is 36.7 Å². The van der Waals surface area contributed by atoms with Crippen molar-refractivity contribution in [1.82, 2.24) is 9.97 Å². The molecule has 0 aliphatic heterocycles. The highest BCUT2D eigenvalue weighted by atomic mass is 16.2. The lowest BCUT2D eigenvalue weighted by molar-refractivity contribution is -0.114. The van der Waals surface area contributed by atoms with Crippen LogP contribution in [0, 0.1) is 0 Å². The van der Waals surface area contributed by atoms with Crippen molar-refractivity contribution in [3.8, 4) is 0 Å². The van der Waals surface area contributed by atoms with Crippen molar-refractivity contribution in [2.24, 2.45) is 0 Å². The van der Waals surface area contributed by atoms with Crippen LogP contribution >= 0.6 is 0 Å². The molecule has 1 heterocycles. The van der Waals surface area contributed by atoms with Crippen molar-refractivity contribution in [1.29, 1.82) is 0 Å². The SMILES string of the molecule is CCCN(CCC)c1ncc(C(=O)Nc2ccc(NC(C)=O)cc2)cn1. The molecule has 1 aromatic heterocycles. The molecule has 0 aliphatic carbocycles. The monoisotopic (exact) mass is 355 g/mol. The van der Waals surface area contributed by atoms with Crippen molar-refractivity contribution in [2.75, 3.05) is 28.6 Å². The Kier molecular flexibility index (Phi) is 7.08. The van der Waals surface area contributed by atoms with E-state index in [1.54, 1.807) is 36.7 Å². The van der Waals surface area contributed by atoms with E-state index in [0.29, 0.717) is 22.9 Å². The topological polar surface area (TPSA) is 87.2 Å². The fourth-order valence-corrected chi connectivity index (χ4v) is 2.50. The number of nitrogens with zero attached hydrogens (tertiary/aromatic N) is 3. The second-order valence-corrected chi connectivity index (χ2v) is 5.97. The molecular weight excluding hydrogens is 330 g/mol. The number of aromatic nitrogens is 2. The quantitative estimate of drug-likeness (QED) is 0.758. The highest BCUT2D eigenvalue weighted by Crippen LogP contribution is 2.15. The molecule has 138 valence electrons. The van der Waals surface area contributed by atoms with Crippen LogP contribution in [0.4, 0.5) is 17.3 Å². The fraction of sp³-hybridized carbons (Fsp3) is 0.368. The van der Waals surface area contributed by atoms with Crippen molar-refractivity contribution in [3.05, 3.63) is 42.2 Å². The van der Waals surface area contributed by atoms with Gasteiger partial charge in [-0.05, 0) is 37.1 Å². The zero-order valence-corrected chi connectivity index (χ0v) is 15.5. The minimum absolute atomic E-state index is 0.140. The summed E-state index contributed by atoms with van der Waals surface area (Å²) in [4.78, 5) is 34.1. The molecule has 0 saturated carbocycles. The number of nitrogens with one attached hydrogen (secondary N) is 2. The zero-order chi connectivity index (χ0) is 18.9. The number of amides is 2. The first-order valence-electron chi connectivity index (χ1n) is 8.79. The molecule has 2 rings (SSSR count). The van der Waals surface area contributed by atoms with Gasteiger partial charge in [-0.2, -0.15) is 0 Å². The Balaban J connectivity index is 2.02. The molecule has 1 aromatic carbocycles. The van der Waals surface area contributed by atoms with E-state index < -0.39 is 0 Å². The van der Waals surface area contributed by atoms with Crippen LogP contribution in [0.3, 0.4) is 0 Å². The van der Waals surface area contributed by atoms with Gasteiger partial charge in [0, 0.05) is 43.8 Å². The molecule has 2 amide bonds. The largest absolute Gasteiger partial charge is 0.341 e. The summed E-state index contributed by atoms with van der Waals surface area (Å²) >= 11 is 0. The van der Waals surface area contributed by atoms with Gasteiger partial charge in [-0.3, -0.25) is 9.59 Å². The minimum atomic E-state index is -0.277. The number of benzene rings is 1. The lowest BCUT2D eigenvalue weighted by Crippen LogP contribution is -2.27. The predicted molar refractivity (Wildman–Crippen MR) is 104 cm³/mol. The van der Waals surface area contributed by atoms with Crippen LogP contribution in [0.25, 0.3) is 0 Å². The number of hydrogen-bond acceptors (Lipinski definition) is 5. The van der Waals surface area contributed by atoms with Crippen LogP contribution in [0.5, 0.6) is 0 Å². The molecule has 0 radical (unpaired) electrons. The molecule has 0 fully saturated rings. The van der Waals surface area contributed by atoms with E-state index in [0.717, 1.165) is 25.9 Å². The Morgan fingerprint density at radius 3 is 1.88 bits per heavy atom. The summed E-state index contributed by atoms with van der Waals surface area (Å²) in [5.41, 5.74) is 1.70. The molecule has 2 aromatic rings. The Morgan fingerprint density at radius 2 is 1.42 bits per heavy atom. The van der Waals surface area contributed by atoms with Crippen molar-refractivity contribution < 1.29 is 9.59 Å². The van der Waals surface area contributed by atoms with E-state index in [4.69, 9.17) is 0 Å². The van der Waals surface area contributed by atoms with Gasteiger partial charge < -0.3 is 15.5 Å². The van der Waals surface area contributed by atoms with Crippen molar-refractivity contribution in [2.45, 2.75) is 33.6 Å². The lowest BCUT2D eigenvalue weighted by Gasteiger charge is -2.21. The number of carbonyl (C=O) groups is 2. The number of carbonyl (C=O) groups excluding carboxylic acids is 2. The van der Waals surface area contributed by atoms with E-state index in [1.807, 2.05) is 0 Å². The third-order valence-corrected chi connectivity index (χ3v) is 3.63. The summed E-state index contributed by atoms with van der Waals surface area (Å²) < 4.78 is 0. The lowest BCUT2D eigenvalue weighted by atomic mass is 10.2. The molecule has 7 nitrogen and oxygen atoms in total. The average Bonchev–Trinajstić information content (AvgIpc) is 2.63. The maximum absolute atomic E-state index is 12.3. The van der Waals surface area contributed by atoms with Gasteiger partial charge in [0.1, 0.15) is 0 Å². The molecule has 26 heavy (non-hydrogen) atoms. The summed E-state index contributed by atoms with van der Waals surface area (Å²) in [5, 5.41) is 5.47. The van der Waals surface area contributed by atoms with E-state index in [9.17, 15) is 9.59 Å². The molecule has 0 atom stereocenters. The van der Waals surface area contributed by atoms with Gasteiger partial charge in [0.25, 0.3) is 5.91 Å². The molecule has 0 saturated heterocycles. The second-order valence-electron chi connectivity index (χ2n) is 5.97. The maximum atomic E-state index is 12.3. The van der Waals surface area contributed by atoms with Crippen molar-refractivity contribution in [3.63, 3.8) is 0 Å². The van der Waals surface area contributed by atoms with Gasteiger partial charge in [0.05, 0.1) is 5.56 Å². The third kappa shape index (κ3) is 5.54. The minimum Gasteiger partial charge on any atom is -0.341 e. The van der Waals surface area contributed by atoms with Crippen LogP contribution in [0.1, 0.15) is 44.0 Å². The highest BCUT2D eigenvalue weighted by Gasteiger charge is 2.11. The van der Waals surface area contributed by atoms with E-state index >= 15 is 0 Å². The molecule has 7 heteroatoms. The van der Waals surface area contributed by atoms with Crippen LogP contribution in [0.2, 0.25) is 0 Å². The summed E-state index contributed by atoms with van der Waals surface area (Å²) in [7, 11) is 0. The van der Waals surface area contributed by atoms with Crippen LogP contribution < -0.4 is 15.5 Å². The number of hydrogen-bond donors (Lipinski definition) is 2. The first kappa shape index (κ1) is 19.4. The first-order valence-corrected chi connectivity index (χ1v) is 8.79. The van der Waals surface area contributed by atoms with E-state index in [-0.39, 0.29) is 11.8 Å². The molecule has 0 spiro atoms. The normalized spacial score (nSPS) is 10.3. The number of anilines is 3. The van der Waals surface area contributed by atoms with E-state index in [1.165, 1.54) is 6.92 Å². The maximum Gasteiger partial charge on any atom is 0.258 e. The summed E-state index contributed by atoms with van der Waals surface area (Å²) in [6.07, 6.45) is 5.11. The molecule has 0 aliphatic rings. The van der Waals surface area contributed by atoms with Gasteiger partial charge in [-0.25, -0.2) is 9.97 Å². The second kappa shape index (κ2) is 9.50. The predicted octanol–water partition coefficient (Wildman–Crippen LogP) is 3.31. The molecule has 0 bridgehead atoms. The standard InChI is InChI=1S/C19H25N5O2/c1-4-10-24(11-5-2)19-20-12-15(13-21-19)18(26)23-17-8-6-16(7-9-17)22-14(3)25/h6-9,12-13H,4-5,10-11H2,1-3H3,(H,22,25)(H,23,26). The first-order chi connectivity index (χ1) is 12.5. The van der Waals surface area contributed by atoms with Gasteiger partial charge in [-0.1, -0.05) is 13.8 Å². The van der Waals surface area contributed by atoms with Gasteiger partial charge in [-0.15, -0.1) is 0 Å². The molecule has 0 unspecified atom stereocenters. The Bertz CT molecular complexity index is 723.